The molecule has 0 saturated heterocycles. The standard InChI is InChI=1S/C15H25N3O/c1-10(2)9-18(6)15(19)12-7-13(11(3)4)17-14(8-12)16-5/h7-8,10-11H,9H2,1-6H3,(H,16,17). The zero-order valence-electron chi connectivity index (χ0n) is 12.8. The first-order chi connectivity index (χ1) is 8.85. The Morgan fingerprint density at radius 1 is 1.32 bits per heavy atom. The Kier molecular flexibility index (Phi) is 5.33. The highest BCUT2D eigenvalue weighted by atomic mass is 16.2. The molecule has 0 unspecified atom stereocenters. The molecular formula is C15H25N3O. The smallest absolute Gasteiger partial charge is 0.253 e. The maximum atomic E-state index is 12.4. The number of pyridine rings is 1. The van der Waals surface area contributed by atoms with Crippen LogP contribution in [0.25, 0.3) is 0 Å². The van der Waals surface area contributed by atoms with Gasteiger partial charge in [-0.05, 0) is 24.0 Å². The SMILES string of the molecule is CNc1cc(C(=O)N(C)CC(C)C)cc(C(C)C)n1. The lowest BCUT2D eigenvalue weighted by molar-refractivity contribution is 0.0779. The van der Waals surface area contributed by atoms with E-state index in [2.05, 4.69) is 38.0 Å². The van der Waals surface area contributed by atoms with Gasteiger partial charge in [0, 0.05) is 31.9 Å². The van der Waals surface area contributed by atoms with E-state index in [1.165, 1.54) is 0 Å². The van der Waals surface area contributed by atoms with E-state index in [-0.39, 0.29) is 5.91 Å². The van der Waals surface area contributed by atoms with E-state index in [0.29, 0.717) is 17.4 Å². The summed E-state index contributed by atoms with van der Waals surface area (Å²) < 4.78 is 0. The first-order valence-corrected chi connectivity index (χ1v) is 6.80. The maximum Gasteiger partial charge on any atom is 0.253 e. The van der Waals surface area contributed by atoms with Gasteiger partial charge in [-0.2, -0.15) is 0 Å². The van der Waals surface area contributed by atoms with E-state index < -0.39 is 0 Å². The molecule has 1 aromatic rings. The number of aromatic nitrogens is 1. The first kappa shape index (κ1) is 15.5. The molecule has 1 rings (SSSR count). The van der Waals surface area contributed by atoms with Gasteiger partial charge >= 0.3 is 0 Å². The van der Waals surface area contributed by atoms with E-state index in [4.69, 9.17) is 0 Å². The Balaban J connectivity index is 3.05. The molecule has 1 heterocycles. The third-order valence-corrected chi connectivity index (χ3v) is 2.93. The molecule has 1 amide bonds. The van der Waals surface area contributed by atoms with Crippen molar-refractivity contribution in [3.05, 3.63) is 23.4 Å². The van der Waals surface area contributed by atoms with E-state index in [9.17, 15) is 4.79 Å². The topological polar surface area (TPSA) is 45.2 Å². The van der Waals surface area contributed by atoms with Crippen LogP contribution in [-0.4, -0.2) is 36.4 Å². The maximum absolute atomic E-state index is 12.4. The van der Waals surface area contributed by atoms with Gasteiger partial charge in [0.15, 0.2) is 0 Å². The molecule has 0 fully saturated rings. The van der Waals surface area contributed by atoms with Crippen LogP contribution >= 0.6 is 0 Å². The summed E-state index contributed by atoms with van der Waals surface area (Å²) in [4.78, 5) is 18.6. The van der Waals surface area contributed by atoms with Gasteiger partial charge in [0.2, 0.25) is 0 Å². The van der Waals surface area contributed by atoms with Crippen LogP contribution in [-0.2, 0) is 0 Å². The summed E-state index contributed by atoms with van der Waals surface area (Å²) >= 11 is 0. The van der Waals surface area contributed by atoms with Crippen LogP contribution in [0.3, 0.4) is 0 Å². The lowest BCUT2D eigenvalue weighted by Gasteiger charge is -2.20. The van der Waals surface area contributed by atoms with E-state index >= 15 is 0 Å². The third kappa shape index (κ3) is 4.23. The highest BCUT2D eigenvalue weighted by Gasteiger charge is 2.15. The zero-order valence-corrected chi connectivity index (χ0v) is 12.8. The molecule has 1 N–H and O–H groups in total. The number of carbonyl (C=O) groups excluding carboxylic acids is 1. The van der Waals surface area contributed by atoms with Crippen molar-refractivity contribution in [1.82, 2.24) is 9.88 Å². The van der Waals surface area contributed by atoms with Gasteiger partial charge in [0.1, 0.15) is 5.82 Å². The third-order valence-electron chi connectivity index (χ3n) is 2.93. The number of nitrogens with one attached hydrogen (secondary N) is 1. The summed E-state index contributed by atoms with van der Waals surface area (Å²) in [7, 11) is 3.66. The summed E-state index contributed by atoms with van der Waals surface area (Å²) in [6.07, 6.45) is 0. The molecule has 0 saturated carbocycles. The minimum Gasteiger partial charge on any atom is -0.373 e. The van der Waals surface area contributed by atoms with E-state index in [1.54, 1.807) is 4.90 Å². The van der Waals surface area contributed by atoms with Crippen LogP contribution in [0, 0.1) is 5.92 Å². The summed E-state index contributed by atoms with van der Waals surface area (Å²) in [5, 5.41) is 3.02. The van der Waals surface area contributed by atoms with Crippen LogP contribution in [0.4, 0.5) is 5.82 Å². The largest absolute Gasteiger partial charge is 0.373 e. The molecule has 0 radical (unpaired) electrons. The normalized spacial score (nSPS) is 10.9. The van der Waals surface area contributed by atoms with Crippen molar-refractivity contribution in [3.63, 3.8) is 0 Å². The molecule has 1 aromatic heterocycles. The van der Waals surface area contributed by atoms with Crippen LogP contribution in [0.5, 0.6) is 0 Å². The van der Waals surface area contributed by atoms with Gasteiger partial charge in [-0.1, -0.05) is 27.7 Å². The molecule has 0 aliphatic carbocycles. The van der Waals surface area contributed by atoms with Crippen molar-refractivity contribution in [3.8, 4) is 0 Å². The van der Waals surface area contributed by atoms with Gasteiger partial charge in [-0.25, -0.2) is 4.98 Å². The Hall–Kier alpha value is -1.58. The van der Waals surface area contributed by atoms with Gasteiger partial charge in [-0.3, -0.25) is 4.79 Å². The lowest BCUT2D eigenvalue weighted by Crippen LogP contribution is -2.30. The zero-order chi connectivity index (χ0) is 14.6. The molecule has 0 spiro atoms. The Labute approximate surface area is 116 Å². The van der Waals surface area contributed by atoms with Gasteiger partial charge in [-0.15, -0.1) is 0 Å². The minimum absolute atomic E-state index is 0.0505. The van der Waals surface area contributed by atoms with Gasteiger partial charge in [0.05, 0.1) is 0 Å². The second kappa shape index (κ2) is 6.55. The Morgan fingerprint density at radius 2 is 1.95 bits per heavy atom. The van der Waals surface area contributed by atoms with Crippen molar-refractivity contribution in [1.29, 1.82) is 0 Å². The molecule has 0 bridgehead atoms. The number of nitrogens with zero attached hydrogens (tertiary/aromatic N) is 2. The van der Waals surface area contributed by atoms with Crippen LogP contribution < -0.4 is 5.32 Å². The fourth-order valence-electron chi connectivity index (χ4n) is 1.95. The summed E-state index contributed by atoms with van der Waals surface area (Å²) in [6.45, 7) is 9.12. The lowest BCUT2D eigenvalue weighted by atomic mass is 10.1. The fraction of sp³-hybridized carbons (Fsp3) is 0.600. The van der Waals surface area contributed by atoms with E-state index in [1.807, 2.05) is 26.2 Å². The number of hydrogen-bond donors (Lipinski definition) is 1. The number of amides is 1. The predicted molar refractivity (Wildman–Crippen MR) is 79.7 cm³/mol. The molecule has 0 aliphatic heterocycles. The molecule has 0 atom stereocenters. The highest BCUT2D eigenvalue weighted by molar-refractivity contribution is 5.94. The van der Waals surface area contributed by atoms with Gasteiger partial charge in [0.25, 0.3) is 5.91 Å². The number of rotatable bonds is 5. The van der Waals surface area contributed by atoms with Crippen molar-refractivity contribution in [2.75, 3.05) is 26.0 Å². The Bertz CT molecular complexity index is 441. The summed E-state index contributed by atoms with van der Waals surface area (Å²) in [5.41, 5.74) is 1.64. The minimum atomic E-state index is 0.0505. The van der Waals surface area contributed by atoms with E-state index in [0.717, 1.165) is 18.1 Å². The summed E-state index contributed by atoms with van der Waals surface area (Å²) in [5.74, 6) is 1.56. The van der Waals surface area contributed by atoms with Crippen molar-refractivity contribution in [2.45, 2.75) is 33.6 Å². The number of anilines is 1. The molecule has 4 heteroatoms. The summed E-state index contributed by atoms with van der Waals surface area (Å²) in [6, 6.07) is 3.70. The Morgan fingerprint density at radius 3 is 2.42 bits per heavy atom. The molecule has 106 valence electrons. The molecule has 0 aliphatic rings. The van der Waals surface area contributed by atoms with Crippen molar-refractivity contribution >= 4 is 11.7 Å². The molecular weight excluding hydrogens is 238 g/mol. The monoisotopic (exact) mass is 263 g/mol. The molecule has 4 nitrogen and oxygen atoms in total. The second-order valence-electron chi connectivity index (χ2n) is 5.65. The highest BCUT2D eigenvalue weighted by Crippen LogP contribution is 2.18. The predicted octanol–water partition coefficient (Wildman–Crippen LogP) is 2.97. The van der Waals surface area contributed by atoms with Crippen LogP contribution in [0.15, 0.2) is 12.1 Å². The first-order valence-electron chi connectivity index (χ1n) is 6.80. The van der Waals surface area contributed by atoms with Crippen molar-refractivity contribution in [2.24, 2.45) is 5.92 Å². The average molecular weight is 263 g/mol. The van der Waals surface area contributed by atoms with Crippen LogP contribution in [0.2, 0.25) is 0 Å². The fourth-order valence-corrected chi connectivity index (χ4v) is 1.95. The average Bonchev–Trinajstić information content (AvgIpc) is 2.36. The number of carbonyl (C=O) groups is 1. The molecule has 19 heavy (non-hydrogen) atoms. The van der Waals surface area contributed by atoms with Gasteiger partial charge < -0.3 is 10.2 Å². The van der Waals surface area contributed by atoms with Crippen molar-refractivity contribution < 1.29 is 4.79 Å². The number of hydrogen-bond acceptors (Lipinski definition) is 3. The molecule has 0 aromatic carbocycles. The van der Waals surface area contributed by atoms with Crippen LogP contribution in [0.1, 0.15) is 49.7 Å². The quantitative estimate of drug-likeness (QED) is 0.888. The second-order valence-corrected chi connectivity index (χ2v) is 5.65.